The van der Waals surface area contributed by atoms with Crippen molar-refractivity contribution in [3.05, 3.63) is 35.6 Å². The number of hydrogen-bond donors (Lipinski definition) is 1. The van der Waals surface area contributed by atoms with Gasteiger partial charge in [-0.05, 0) is 12.1 Å². The minimum absolute atomic E-state index is 0.0537. The normalized spacial score (nSPS) is 15.5. The van der Waals surface area contributed by atoms with Crippen LogP contribution in [0.3, 0.4) is 0 Å². The van der Waals surface area contributed by atoms with Crippen molar-refractivity contribution in [3.63, 3.8) is 0 Å². The van der Waals surface area contributed by atoms with E-state index in [4.69, 9.17) is 0 Å². The van der Waals surface area contributed by atoms with Crippen molar-refractivity contribution in [2.45, 2.75) is 0 Å². The first-order valence-corrected chi connectivity index (χ1v) is 7.20. The lowest BCUT2D eigenvalue weighted by Crippen LogP contribution is -2.50. The van der Waals surface area contributed by atoms with E-state index in [-0.39, 0.29) is 11.7 Å². The van der Waals surface area contributed by atoms with Gasteiger partial charge in [0.05, 0.1) is 12.7 Å². The Labute approximate surface area is 128 Å². The zero-order valence-corrected chi connectivity index (χ0v) is 12.5. The van der Waals surface area contributed by atoms with Crippen LogP contribution in [0.5, 0.6) is 0 Å². The lowest BCUT2D eigenvalue weighted by molar-refractivity contribution is 0.0883. The fourth-order valence-corrected chi connectivity index (χ4v) is 2.35. The fourth-order valence-electron chi connectivity index (χ4n) is 2.35. The number of rotatable bonds is 4. The maximum absolute atomic E-state index is 13.5. The van der Waals surface area contributed by atoms with Crippen molar-refractivity contribution in [3.8, 4) is 0 Å². The largest absolute Gasteiger partial charge is 0.453 e. The predicted octanol–water partition coefficient (Wildman–Crippen LogP) is 0.940. The highest BCUT2D eigenvalue weighted by Gasteiger charge is 2.21. The molecule has 1 heterocycles. The smallest absolute Gasteiger partial charge is 0.409 e. The molecule has 7 heteroatoms. The highest BCUT2D eigenvalue weighted by molar-refractivity contribution is 5.94. The first kappa shape index (κ1) is 16.2. The summed E-state index contributed by atoms with van der Waals surface area (Å²) in [5, 5.41) is 2.71. The van der Waals surface area contributed by atoms with Crippen molar-refractivity contribution < 1.29 is 18.7 Å². The highest BCUT2D eigenvalue weighted by Crippen LogP contribution is 2.06. The van der Waals surface area contributed by atoms with E-state index in [0.29, 0.717) is 26.2 Å². The molecule has 0 aromatic heterocycles. The first-order chi connectivity index (χ1) is 10.6. The highest BCUT2D eigenvalue weighted by atomic mass is 19.1. The molecule has 0 saturated carbocycles. The molecule has 1 aromatic carbocycles. The summed E-state index contributed by atoms with van der Waals surface area (Å²) in [6.45, 7) is 3.76. The van der Waals surface area contributed by atoms with Crippen LogP contribution < -0.4 is 5.32 Å². The molecule has 22 heavy (non-hydrogen) atoms. The molecule has 1 aromatic rings. The number of amides is 2. The molecular formula is C15H20FN3O3. The Kier molecular flexibility index (Phi) is 5.71. The Bertz CT molecular complexity index is 531. The van der Waals surface area contributed by atoms with E-state index in [1.165, 1.54) is 19.2 Å². The molecule has 0 radical (unpaired) electrons. The Hall–Kier alpha value is -2.15. The van der Waals surface area contributed by atoms with Crippen LogP contribution in [-0.2, 0) is 4.74 Å². The lowest BCUT2D eigenvalue weighted by atomic mass is 10.2. The summed E-state index contributed by atoms with van der Waals surface area (Å²) >= 11 is 0. The van der Waals surface area contributed by atoms with Crippen molar-refractivity contribution in [1.82, 2.24) is 15.1 Å². The number of carbonyl (C=O) groups is 2. The molecule has 120 valence electrons. The zero-order valence-electron chi connectivity index (χ0n) is 12.5. The van der Waals surface area contributed by atoms with E-state index in [1.807, 2.05) is 0 Å². The summed E-state index contributed by atoms with van der Waals surface area (Å²) in [5.41, 5.74) is 0.0537. The molecular weight excluding hydrogens is 289 g/mol. The number of nitrogens with zero attached hydrogens (tertiary/aromatic N) is 2. The quantitative estimate of drug-likeness (QED) is 0.899. The molecule has 1 aliphatic rings. The molecule has 2 rings (SSSR count). The van der Waals surface area contributed by atoms with Crippen molar-refractivity contribution in [2.24, 2.45) is 0 Å². The van der Waals surface area contributed by atoms with E-state index < -0.39 is 11.7 Å². The second-order valence-corrected chi connectivity index (χ2v) is 5.03. The maximum Gasteiger partial charge on any atom is 0.409 e. The number of hydrogen-bond acceptors (Lipinski definition) is 4. The number of ether oxygens (including phenoxy) is 1. The molecule has 0 spiro atoms. The van der Waals surface area contributed by atoms with Crippen LogP contribution in [0.25, 0.3) is 0 Å². The molecule has 2 amide bonds. The van der Waals surface area contributed by atoms with E-state index in [1.54, 1.807) is 17.0 Å². The summed E-state index contributed by atoms with van der Waals surface area (Å²) in [4.78, 5) is 27.0. The van der Waals surface area contributed by atoms with Crippen molar-refractivity contribution in [2.75, 3.05) is 46.4 Å². The van der Waals surface area contributed by atoms with Crippen molar-refractivity contribution >= 4 is 12.0 Å². The van der Waals surface area contributed by atoms with Crippen LogP contribution >= 0.6 is 0 Å². The number of halogens is 1. The first-order valence-electron chi connectivity index (χ1n) is 7.20. The Morgan fingerprint density at radius 1 is 1.23 bits per heavy atom. The van der Waals surface area contributed by atoms with Crippen LogP contribution in [0.15, 0.2) is 24.3 Å². The SMILES string of the molecule is COC(=O)N1CCN(CCNC(=O)c2ccccc2F)CC1. The summed E-state index contributed by atoms with van der Waals surface area (Å²) in [5.74, 6) is -0.932. The molecule has 1 fully saturated rings. The van der Waals surface area contributed by atoms with Gasteiger partial charge in [-0.1, -0.05) is 12.1 Å². The van der Waals surface area contributed by atoms with E-state index in [0.717, 1.165) is 13.1 Å². The predicted molar refractivity (Wildman–Crippen MR) is 79.2 cm³/mol. The summed E-state index contributed by atoms with van der Waals surface area (Å²) in [6, 6.07) is 5.90. The number of benzene rings is 1. The van der Waals surface area contributed by atoms with E-state index in [2.05, 4.69) is 15.0 Å². The maximum atomic E-state index is 13.5. The summed E-state index contributed by atoms with van der Waals surface area (Å²) in [7, 11) is 1.37. The molecule has 6 nitrogen and oxygen atoms in total. The minimum Gasteiger partial charge on any atom is -0.453 e. The lowest BCUT2D eigenvalue weighted by Gasteiger charge is -2.33. The average Bonchev–Trinajstić information content (AvgIpc) is 2.55. The van der Waals surface area contributed by atoms with Gasteiger partial charge in [0.25, 0.3) is 5.91 Å². The number of nitrogens with one attached hydrogen (secondary N) is 1. The van der Waals surface area contributed by atoms with Gasteiger partial charge in [-0.2, -0.15) is 0 Å². The van der Waals surface area contributed by atoms with Gasteiger partial charge in [-0.25, -0.2) is 9.18 Å². The fraction of sp³-hybridized carbons (Fsp3) is 0.467. The topological polar surface area (TPSA) is 61.9 Å². The number of piperazine rings is 1. The molecule has 0 unspecified atom stereocenters. The molecule has 0 aliphatic carbocycles. The third-order valence-corrected chi connectivity index (χ3v) is 3.64. The third kappa shape index (κ3) is 4.17. The van der Waals surface area contributed by atoms with Gasteiger partial charge in [-0.3, -0.25) is 9.69 Å². The molecule has 1 aliphatic heterocycles. The third-order valence-electron chi connectivity index (χ3n) is 3.64. The molecule has 1 N–H and O–H groups in total. The molecule has 1 saturated heterocycles. The van der Waals surface area contributed by atoms with Gasteiger partial charge in [-0.15, -0.1) is 0 Å². The second-order valence-electron chi connectivity index (χ2n) is 5.03. The Balaban J connectivity index is 1.71. The zero-order chi connectivity index (χ0) is 15.9. The van der Waals surface area contributed by atoms with Gasteiger partial charge in [0.2, 0.25) is 0 Å². The number of methoxy groups -OCH3 is 1. The van der Waals surface area contributed by atoms with E-state index >= 15 is 0 Å². The Morgan fingerprint density at radius 2 is 1.91 bits per heavy atom. The second kappa shape index (κ2) is 7.74. The summed E-state index contributed by atoms with van der Waals surface area (Å²) < 4.78 is 18.1. The molecule has 0 bridgehead atoms. The average molecular weight is 309 g/mol. The minimum atomic E-state index is -0.522. The van der Waals surface area contributed by atoms with Crippen molar-refractivity contribution in [1.29, 1.82) is 0 Å². The van der Waals surface area contributed by atoms with Gasteiger partial charge in [0.15, 0.2) is 0 Å². The number of carbonyl (C=O) groups excluding carboxylic acids is 2. The summed E-state index contributed by atoms with van der Waals surface area (Å²) in [6.07, 6.45) is -0.312. The van der Waals surface area contributed by atoms with Crippen LogP contribution in [-0.4, -0.2) is 68.2 Å². The van der Waals surface area contributed by atoms with Crippen LogP contribution in [0.2, 0.25) is 0 Å². The van der Waals surface area contributed by atoms with Crippen LogP contribution in [0.1, 0.15) is 10.4 Å². The van der Waals surface area contributed by atoms with E-state index in [9.17, 15) is 14.0 Å². The van der Waals surface area contributed by atoms with Gasteiger partial charge in [0.1, 0.15) is 5.82 Å². The van der Waals surface area contributed by atoms with Gasteiger partial charge in [0, 0.05) is 39.3 Å². The Morgan fingerprint density at radius 3 is 2.55 bits per heavy atom. The molecule has 0 atom stereocenters. The van der Waals surface area contributed by atoms with Gasteiger partial charge < -0.3 is 15.0 Å². The standard InChI is InChI=1S/C15H20FN3O3/c1-22-15(21)19-10-8-18(9-11-19)7-6-17-14(20)12-4-2-3-5-13(12)16/h2-5H,6-11H2,1H3,(H,17,20). The van der Waals surface area contributed by atoms with Crippen LogP contribution in [0, 0.1) is 5.82 Å². The monoisotopic (exact) mass is 309 g/mol. The van der Waals surface area contributed by atoms with Crippen LogP contribution in [0.4, 0.5) is 9.18 Å². The van der Waals surface area contributed by atoms with Gasteiger partial charge >= 0.3 is 6.09 Å².